The lowest BCUT2D eigenvalue weighted by molar-refractivity contribution is -0.115. The van der Waals surface area contributed by atoms with E-state index in [-0.39, 0.29) is 17.4 Å². The van der Waals surface area contributed by atoms with Gasteiger partial charge in [-0.25, -0.2) is 4.68 Å². The predicted octanol–water partition coefficient (Wildman–Crippen LogP) is 3.94. The SMILES string of the molecule is CC(C)(C)[Si](C)(C)OCc1nnn2c1CC(=O)Nc1ccc(Cl)cc1-2. The quantitative estimate of drug-likeness (QED) is 0.821. The molecule has 0 aliphatic carbocycles. The van der Waals surface area contributed by atoms with Crippen molar-refractivity contribution >= 4 is 31.5 Å². The Morgan fingerprint density at radius 3 is 2.76 bits per heavy atom. The second kappa shape index (κ2) is 6.23. The van der Waals surface area contributed by atoms with E-state index in [1.807, 2.05) is 0 Å². The van der Waals surface area contributed by atoms with Gasteiger partial charge in [0.15, 0.2) is 8.32 Å². The van der Waals surface area contributed by atoms with Gasteiger partial charge in [-0.2, -0.15) is 0 Å². The molecule has 0 bridgehead atoms. The molecule has 2 heterocycles. The molecule has 0 unspecified atom stereocenters. The van der Waals surface area contributed by atoms with E-state index in [4.69, 9.17) is 16.0 Å². The van der Waals surface area contributed by atoms with Gasteiger partial charge in [0.05, 0.1) is 30.1 Å². The molecule has 0 radical (unpaired) electrons. The van der Waals surface area contributed by atoms with Gasteiger partial charge in [-0.15, -0.1) is 5.10 Å². The summed E-state index contributed by atoms with van der Waals surface area (Å²) < 4.78 is 7.94. The van der Waals surface area contributed by atoms with E-state index in [0.717, 1.165) is 11.4 Å². The molecule has 6 nitrogen and oxygen atoms in total. The molecule has 0 fully saturated rings. The van der Waals surface area contributed by atoms with E-state index in [9.17, 15) is 4.79 Å². The van der Waals surface area contributed by atoms with Crippen molar-refractivity contribution in [1.29, 1.82) is 0 Å². The first-order valence-corrected chi connectivity index (χ1v) is 11.5. The molecule has 1 N–H and O–H groups in total. The maximum Gasteiger partial charge on any atom is 0.230 e. The number of fused-ring (bicyclic) bond motifs is 3. The molecule has 25 heavy (non-hydrogen) atoms. The number of amides is 1. The van der Waals surface area contributed by atoms with Crippen LogP contribution in [0.25, 0.3) is 5.69 Å². The largest absolute Gasteiger partial charge is 0.411 e. The minimum atomic E-state index is -1.92. The van der Waals surface area contributed by atoms with Gasteiger partial charge in [0.25, 0.3) is 0 Å². The van der Waals surface area contributed by atoms with Crippen LogP contribution in [0, 0.1) is 0 Å². The Labute approximate surface area is 153 Å². The molecular formula is C17H23ClN4O2Si. The van der Waals surface area contributed by atoms with E-state index in [2.05, 4.69) is 49.5 Å². The molecule has 0 atom stereocenters. The Kier molecular flexibility index (Phi) is 4.51. The van der Waals surface area contributed by atoms with Crippen LogP contribution in [0.3, 0.4) is 0 Å². The predicted molar refractivity (Wildman–Crippen MR) is 101 cm³/mol. The molecule has 1 aromatic carbocycles. The fourth-order valence-electron chi connectivity index (χ4n) is 2.41. The molecule has 0 saturated carbocycles. The summed E-state index contributed by atoms with van der Waals surface area (Å²) in [5.74, 6) is -0.0989. The monoisotopic (exact) mass is 378 g/mol. The van der Waals surface area contributed by atoms with Crippen molar-refractivity contribution in [3.8, 4) is 5.69 Å². The third kappa shape index (κ3) is 3.49. The van der Waals surface area contributed by atoms with Crippen LogP contribution in [0.2, 0.25) is 23.2 Å². The maximum atomic E-state index is 12.3. The molecular weight excluding hydrogens is 356 g/mol. The fraction of sp³-hybridized carbons (Fsp3) is 0.471. The maximum absolute atomic E-state index is 12.3. The standard InChI is InChI=1S/C17H23ClN4O2Si/c1-17(2,3)25(4,5)24-10-13-15-9-16(23)19-12-7-6-11(18)8-14(12)22(15)21-20-13/h6-8H,9-10H2,1-5H3,(H,19,23). The summed E-state index contributed by atoms with van der Waals surface area (Å²) in [6.45, 7) is 11.3. The normalized spacial score (nSPS) is 14.6. The molecule has 1 aliphatic rings. The number of nitrogens with one attached hydrogen (secondary N) is 1. The van der Waals surface area contributed by atoms with E-state index >= 15 is 0 Å². The third-order valence-corrected chi connectivity index (χ3v) is 9.72. The number of halogens is 1. The number of hydrogen-bond acceptors (Lipinski definition) is 4. The second-order valence-corrected chi connectivity index (χ2v) is 13.1. The second-order valence-electron chi connectivity index (χ2n) is 7.83. The third-order valence-electron chi connectivity index (χ3n) is 5.01. The van der Waals surface area contributed by atoms with Gasteiger partial charge >= 0.3 is 0 Å². The number of hydrogen-bond donors (Lipinski definition) is 1. The highest BCUT2D eigenvalue weighted by Crippen LogP contribution is 2.37. The van der Waals surface area contributed by atoms with Crippen molar-refractivity contribution in [2.45, 2.75) is 51.9 Å². The minimum Gasteiger partial charge on any atom is -0.411 e. The number of anilines is 1. The molecule has 3 rings (SSSR count). The van der Waals surface area contributed by atoms with Crippen molar-refractivity contribution < 1.29 is 9.22 Å². The number of carbonyl (C=O) groups is 1. The Hall–Kier alpha value is -1.70. The van der Waals surface area contributed by atoms with Crippen LogP contribution in [0.5, 0.6) is 0 Å². The van der Waals surface area contributed by atoms with Crippen LogP contribution in [0.1, 0.15) is 32.2 Å². The van der Waals surface area contributed by atoms with Crippen LogP contribution < -0.4 is 5.32 Å². The van der Waals surface area contributed by atoms with Crippen molar-refractivity contribution in [1.82, 2.24) is 15.0 Å². The smallest absolute Gasteiger partial charge is 0.230 e. The average molecular weight is 379 g/mol. The average Bonchev–Trinajstić information content (AvgIpc) is 2.82. The summed E-state index contributed by atoms with van der Waals surface area (Å²) in [6, 6.07) is 5.29. The number of nitrogens with zero attached hydrogens (tertiary/aromatic N) is 3. The van der Waals surface area contributed by atoms with Gasteiger partial charge < -0.3 is 9.74 Å². The van der Waals surface area contributed by atoms with Gasteiger partial charge in [0.1, 0.15) is 5.69 Å². The fourth-order valence-corrected chi connectivity index (χ4v) is 3.51. The van der Waals surface area contributed by atoms with Crippen molar-refractivity contribution in [2.24, 2.45) is 0 Å². The zero-order valence-electron chi connectivity index (χ0n) is 15.2. The van der Waals surface area contributed by atoms with Gasteiger partial charge in [0, 0.05) is 5.02 Å². The highest BCUT2D eigenvalue weighted by atomic mass is 35.5. The van der Waals surface area contributed by atoms with Gasteiger partial charge in [-0.3, -0.25) is 4.79 Å². The first kappa shape index (κ1) is 18.1. The number of rotatable bonds is 3. The first-order valence-electron chi connectivity index (χ1n) is 8.26. The lowest BCUT2D eigenvalue weighted by Crippen LogP contribution is -2.40. The number of benzene rings is 1. The Morgan fingerprint density at radius 1 is 1.36 bits per heavy atom. The molecule has 134 valence electrons. The van der Waals surface area contributed by atoms with Crippen molar-refractivity contribution in [2.75, 3.05) is 5.32 Å². The topological polar surface area (TPSA) is 69.0 Å². The zero-order valence-corrected chi connectivity index (χ0v) is 16.9. The molecule has 2 aromatic rings. The van der Waals surface area contributed by atoms with Crippen molar-refractivity contribution in [3.05, 3.63) is 34.6 Å². The number of carbonyl (C=O) groups excluding carboxylic acids is 1. The lowest BCUT2D eigenvalue weighted by Gasteiger charge is -2.35. The zero-order chi connectivity index (χ0) is 18.4. The van der Waals surface area contributed by atoms with Crippen LogP contribution in [-0.4, -0.2) is 29.2 Å². The Balaban J connectivity index is 1.96. The molecule has 8 heteroatoms. The van der Waals surface area contributed by atoms with Crippen LogP contribution in [0.15, 0.2) is 18.2 Å². The summed E-state index contributed by atoms with van der Waals surface area (Å²) in [5.41, 5.74) is 2.85. The van der Waals surface area contributed by atoms with Crippen LogP contribution in [-0.2, 0) is 22.2 Å². The van der Waals surface area contributed by atoms with E-state index in [0.29, 0.717) is 23.0 Å². The van der Waals surface area contributed by atoms with E-state index in [1.165, 1.54) is 0 Å². The van der Waals surface area contributed by atoms with Gasteiger partial charge in [-0.1, -0.05) is 37.6 Å². The molecule has 1 aromatic heterocycles. The summed E-state index contributed by atoms with van der Waals surface area (Å²) >= 11 is 6.12. The minimum absolute atomic E-state index is 0.0989. The molecule has 0 saturated heterocycles. The van der Waals surface area contributed by atoms with Crippen LogP contribution >= 0.6 is 11.6 Å². The Bertz CT molecular complexity index is 827. The highest BCUT2D eigenvalue weighted by Gasteiger charge is 2.37. The summed E-state index contributed by atoms with van der Waals surface area (Å²) in [7, 11) is -1.92. The highest BCUT2D eigenvalue weighted by molar-refractivity contribution is 6.74. The first-order chi connectivity index (χ1) is 11.6. The van der Waals surface area contributed by atoms with E-state index < -0.39 is 8.32 Å². The summed E-state index contributed by atoms with van der Waals surface area (Å²) in [6.07, 6.45) is 0.204. The molecule has 1 amide bonds. The number of aromatic nitrogens is 3. The summed E-state index contributed by atoms with van der Waals surface area (Å²) in [4.78, 5) is 12.3. The van der Waals surface area contributed by atoms with Crippen LogP contribution in [0.4, 0.5) is 5.69 Å². The van der Waals surface area contributed by atoms with Gasteiger partial charge in [0.2, 0.25) is 5.91 Å². The molecule has 1 aliphatic heterocycles. The Morgan fingerprint density at radius 2 is 2.08 bits per heavy atom. The van der Waals surface area contributed by atoms with Gasteiger partial charge in [-0.05, 0) is 36.3 Å². The van der Waals surface area contributed by atoms with E-state index in [1.54, 1.807) is 22.9 Å². The lowest BCUT2D eigenvalue weighted by atomic mass is 10.2. The summed E-state index contributed by atoms with van der Waals surface area (Å²) in [5, 5.41) is 12.1. The van der Waals surface area contributed by atoms with Crippen molar-refractivity contribution in [3.63, 3.8) is 0 Å². The molecule has 0 spiro atoms.